The van der Waals surface area contributed by atoms with Crippen LogP contribution in [0.3, 0.4) is 0 Å². The highest BCUT2D eigenvalue weighted by Gasteiger charge is 2.07. The number of imidazole rings is 1. The van der Waals surface area contributed by atoms with Gasteiger partial charge in [-0.1, -0.05) is 18.2 Å². The summed E-state index contributed by atoms with van der Waals surface area (Å²) in [4.78, 5) is 29.5. The summed E-state index contributed by atoms with van der Waals surface area (Å²) in [7, 11) is 0. The van der Waals surface area contributed by atoms with Crippen LogP contribution in [0.5, 0.6) is 0 Å². The lowest BCUT2D eigenvalue weighted by Gasteiger charge is -2.02. The molecular formula is C16H14N4O2. The number of rotatable bonds is 3. The molecule has 3 aromatic rings. The van der Waals surface area contributed by atoms with Crippen LogP contribution in [0.1, 0.15) is 17.3 Å². The quantitative estimate of drug-likeness (QED) is 0.690. The number of benzene rings is 2. The summed E-state index contributed by atoms with van der Waals surface area (Å²) in [5, 5.41) is 2.62. The van der Waals surface area contributed by atoms with Gasteiger partial charge in [0.2, 0.25) is 17.8 Å². The van der Waals surface area contributed by atoms with Gasteiger partial charge in [0.15, 0.2) is 0 Å². The van der Waals surface area contributed by atoms with Crippen LogP contribution in [0.4, 0.5) is 5.95 Å². The average Bonchev–Trinajstić information content (AvgIpc) is 2.87. The Balaban J connectivity index is 1.97. The molecule has 0 aliphatic carbocycles. The molecule has 1 heterocycles. The first-order valence-electron chi connectivity index (χ1n) is 6.70. The molecule has 0 saturated carbocycles. The van der Waals surface area contributed by atoms with Crippen molar-refractivity contribution in [3.63, 3.8) is 0 Å². The van der Waals surface area contributed by atoms with Gasteiger partial charge in [-0.15, -0.1) is 0 Å². The molecule has 6 heteroatoms. The highest BCUT2D eigenvalue weighted by atomic mass is 16.1. The lowest BCUT2D eigenvalue weighted by atomic mass is 10.0. The van der Waals surface area contributed by atoms with E-state index >= 15 is 0 Å². The second-order valence-corrected chi connectivity index (χ2v) is 4.94. The van der Waals surface area contributed by atoms with Crippen molar-refractivity contribution >= 4 is 28.8 Å². The number of nitrogens with two attached hydrogens (primary N) is 1. The summed E-state index contributed by atoms with van der Waals surface area (Å²) in [5.74, 6) is -0.208. The highest BCUT2D eigenvalue weighted by molar-refractivity contribution is 5.93. The lowest BCUT2D eigenvalue weighted by molar-refractivity contribution is -0.114. The van der Waals surface area contributed by atoms with E-state index in [1.165, 1.54) is 6.92 Å². The largest absolute Gasteiger partial charge is 0.366 e. The predicted molar refractivity (Wildman–Crippen MR) is 84.4 cm³/mol. The normalized spacial score (nSPS) is 10.6. The SMILES string of the molecule is CC(=O)Nc1nc2ccc(-c3ccc(C(N)=O)cc3)cc2[nH]1. The molecule has 0 fully saturated rings. The van der Waals surface area contributed by atoms with E-state index in [4.69, 9.17) is 5.73 Å². The van der Waals surface area contributed by atoms with Crippen LogP contribution in [-0.4, -0.2) is 21.8 Å². The molecule has 22 heavy (non-hydrogen) atoms. The van der Waals surface area contributed by atoms with Crippen molar-refractivity contribution in [2.24, 2.45) is 5.73 Å². The standard InChI is InChI=1S/C16H14N4O2/c1-9(21)18-16-19-13-7-6-12(8-14(13)20-16)10-2-4-11(5-3-10)15(17)22/h2-8H,1H3,(H2,17,22)(H2,18,19,20,21). The van der Waals surface area contributed by atoms with E-state index in [9.17, 15) is 9.59 Å². The molecule has 110 valence electrons. The van der Waals surface area contributed by atoms with E-state index in [0.717, 1.165) is 22.2 Å². The Kier molecular flexibility index (Phi) is 3.34. The van der Waals surface area contributed by atoms with E-state index in [1.807, 2.05) is 30.3 Å². The number of hydrogen-bond donors (Lipinski definition) is 3. The Labute approximate surface area is 126 Å². The fraction of sp³-hybridized carbons (Fsp3) is 0.0625. The third kappa shape index (κ3) is 2.67. The van der Waals surface area contributed by atoms with Gasteiger partial charge < -0.3 is 10.7 Å². The Morgan fingerprint density at radius 3 is 2.41 bits per heavy atom. The minimum atomic E-state index is -0.449. The van der Waals surface area contributed by atoms with Crippen LogP contribution in [0.15, 0.2) is 42.5 Å². The number of fused-ring (bicyclic) bond motifs is 1. The molecule has 0 unspecified atom stereocenters. The van der Waals surface area contributed by atoms with Gasteiger partial charge in [0.05, 0.1) is 11.0 Å². The third-order valence-corrected chi connectivity index (χ3v) is 3.28. The first-order chi connectivity index (χ1) is 10.5. The molecule has 0 atom stereocenters. The van der Waals surface area contributed by atoms with Crippen molar-refractivity contribution in [1.29, 1.82) is 0 Å². The monoisotopic (exact) mass is 294 g/mol. The van der Waals surface area contributed by atoms with Crippen LogP contribution < -0.4 is 11.1 Å². The molecule has 0 saturated heterocycles. The van der Waals surface area contributed by atoms with Crippen LogP contribution in [-0.2, 0) is 4.79 Å². The Bertz CT molecular complexity index is 865. The molecule has 0 radical (unpaired) electrons. The first kappa shape index (κ1) is 13.8. The van der Waals surface area contributed by atoms with Crippen molar-refractivity contribution in [2.75, 3.05) is 5.32 Å². The molecule has 6 nitrogen and oxygen atoms in total. The maximum absolute atomic E-state index is 11.1. The summed E-state index contributed by atoms with van der Waals surface area (Å²) in [6.07, 6.45) is 0. The van der Waals surface area contributed by atoms with Gasteiger partial charge in [-0.05, 0) is 35.4 Å². The first-order valence-corrected chi connectivity index (χ1v) is 6.70. The number of aromatic amines is 1. The molecule has 0 spiro atoms. The number of H-pyrrole nitrogens is 1. The van der Waals surface area contributed by atoms with Crippen molar-refractivity contribution in [3.8, 4) is 11.1 Å². The van der Waals surface area contributed by atoms with Gasteiger partial charge in [-0.25, -0.2) is 4.98 Å². The maximum Gasteiger partial charge on any atom is 0.248 e. The summed E-state index contributed by atoms with van der Waals surface area (Å²) < 4.78 is 0. The number of anilines is 1. The summed E-state index contributed by atoms with van der Waals surface area (Å²) in [6.45, 7) is 1.43. The number of aromatic nitrogens is 2. The Morgan fingerprint density at radius 1 is 1.09 bits per heavy atom. The number of hydrogen-bond acceptors (Lipinski definition) is 3. The van der Waals surface area contributed by atoms with Crippen LogP contribution in [0.25, 0.3) is 22.2 Å². The van der Waals surface area contributed by atoms with Gasteiger partial charge >= 0.3 is 0 Å². The molecule has 2 aromatic carbocycles. The van der Waals surface area contributed by atoms with Crippen LogP contribution in [0, 0.1) is 0 Å². The van der Waals surface area contributed by atoms with Crippen molar-refractivity contribution in [1.82, 2.24) is 9.97 Å². The van der Waals surface area contributed by atoms with Crippen molar-refractivity contribution in [3.05, 3.63) is 48.0 Å². The van der Waals surface area contributed by atoms with E-state index in [1.54, 1.807) is 12.1 Å². The zero-order valence-electron chi connectivity index (χ0n) is 11.9. The number of amides is 2. The van der Waals surface area contributed by atoms with E-state index in [2.05, 4.69) is 15.3 Å². The minimum Gasteiger partial charge on any atom is -0.366 e. The predicted octanol–water partition coefficient (Wildman–Crippen LogP) is 2.29. The Morgan fingerprint density at radius 2 is 1.77 bits per heavy atom. The number of primary amides is 1. The molecule has 1 aromatic heterocycles. The van der Waals surface area contributed by atoms with Gasteiger partial charge in [0.1, 0.15) is 0 Å². The second kappa shape index (κ2) is 5.33. The third-order valence-electron chi connectivity index (χ3n) is 3.28. The van der Waals surface area contributed by atoms with Crippen molar-refractivity contribution < 1.29 is 9.59 Å². The summed E-state index contributed by atoms with van der Waals surface area (Å²) in [6, 6.07) is 12.8. The van der Waals surface area contributed by atoms with Gasteiger partial charge in [-0.2, -0.15) is 0 Å². The Hall–Kier alpha value is -3.15. The molecule has 4 N–H and O–H groups in total. The van der Waals surface area contributed by atoms with Crippen LogP contribution in [0.2, 0.25) is 0 Å². The smallest absolute Gasteiger partial charge is 0.248 e. The molecule has 2 amide bonds. The fourth-order valence-corrected chi connectivity index (χ4v) is 2.24. The highest BCUT2D eigenvalue weighted by Crippen LogP contribution is 2.24. The van der Waals surface area contributed by atoms with Gasteiger partial charge in [-0.3, -0.25) is 14.9 Å². The lowest BCUT2D eigenvalue weighted by Crippen LogP contribution is -2.10. The zero-order valence-corrected chi connectivity index (χ0v) is 11.9. The van der Waals surface area contributed by atoms with Crippen molar-refractivity contribution in [2.45, 2.75) is 6.92 Å². The minimum absolute atomic E-state index is 0.179. The molecular weight excluding hydrogens is 280 g/mol. The number of nitrogens with zero attached hydrogens (tertiary/aromatic N) is 1. The molecule has 0 aliphatic heterocycles. The number of carbonyl (C=O) groups excluding carboxylic acids is 2. The van der Waals surface area contributed by atoms with Crippen LogP contribution >= 0.6 is 0 Å². The molecule has 0 bridgehead atoms. The zero-order chi connectivity index (χ0) is 15.7. The van der Waals surface area contributed by atoms with Gasteiger partial charge in [0.25, 0.3) is 0 Å². The maximum atomic E-state index is 11.1. The number of carbonyl (C=O) groups is 2. The topological polar surface area (TPSA) is 101 Å². The van der Waals surface area contributed by atoms with Gasteiger partial charge in [0, 0.05) is 12.5 Å². The summed E-state index contributed by atoms with van der Waals surface area (Å²) >= 11 is 0. The van der Waals surface area contributed by atoms with E-state index < -0.39 is 5.91 Å². The fourth-order valence-electron chi connectivity index (χ4n) is 2.24. The van der Waals surface area contributed by atoms with E-state index in [-0.39, 0.29) is 5.91 Å². The second-order valence-electron chi connectivity index (χ2n) is 4.94. The molecule has 3 rings (SSSR count). The number of nitrogens with one attached hydrogen (secondary N) is 2. The summed E-state index contributed by atoms with van der Waals surface area (Å²) in [5.41, 5.74) is 9.22. The average molecular weight is 294 g/mol. The molecule has 0 aliphatic rings. The van der Waals surface area contributed by atoms with E-state index in [0.29, 0.717) is 11.5 Å².